The van der Waals surface area contributed by atoms with Gasteiger partial charge in [0.2, 0.25) is 0 Å². The van der Waals surface area contributed by atoms with Crippen molar-refractivity contribution in [1.82, 2.24) is 14.0 Å². The summed E-state index contributed by atoms with van der Waals surface area (Å²) in [5, 5.41) is 0. The summed E-state index contributed by atoms with van der Waals surface area (Å²) in [5.41, 5.74) is -0.203. The van der Waals surface area contributed by atoms with Gasteiger partial charge in [-0.2, -0.15) is 0 Å². The Labute approximate surface area is 151 Å². The Morgan fingerprint density at radius 2 is 1.92 bits per heavy atom. The predicted molar refractivity (Wildman–Crippen MR) is 99.5 cm³/mol. The van der Waals surface area contributed by atoms with Crippen molar-refractivity contribution in [2.45, 2.75) is 13.5 Å². The molecule has 1 heterocycles. The van der Waals surface area contributed by atoms with E-state index in [1.165, 1.54) is 29.6 Å². The van der Waals surface area contributed by atoms with Crippen LogP contribution in [0.1, 0.15) is 23.0 Å². The molecule has 138 valence electrons. The van der Waals surface area contributed by atoms with Gasteiger partial charge in [-0.05, 0) is 13.0 Å². The molecule has 7 heteroatoms. The molecule has 7 nitrogen and oxygen atoms in total. The van der Waals surface area contributed by atoms with E-state index >= 15 is 0 Å². The third kappa shape index (κ3) is 3.93. The number of ether oxygens (including phenoxy) is 1. The van der Waals surface area contributed by atoms with Gasteiger partial charge in [-0.15, -0.1) is 6.58 Å². The molecule has 2 aromatic rings. The second-order valence-corrected chi connectivity index (χ2v) is 5.78. The maximum absolute atomic E-state index is 13.0. The average molecular weight is 357 g/mol. The number of benzene rings is 1. The Kier molecular flexibility index (Phi) is 6.16. The van der Waals surface area contributed by atoms with E-state index in [4.69, 9.17) is 4.74 Å². The SMILES string of the molecule is C=CCN(Cc1ccccc1OCC)C(=O)c1cc(=O)n(C)c(=O)n1C. The van der Waals surface area contributed by atoms with Gasteiger partial charge in [0.1, 0.15) is 11.4 Å². The topological polar surface area (TPSA) is 73.5 Å². The van der Waals surface area contributed by atoms with Crippen molar-refractivity contribution in [1.29, 1.82) is 0 Å². The van der Waals surface area contributed by atoms with Crippen molar-refractivity contribution in [3.05, 3.63) is 75.1 Å². The van der Waals surface area contributed by atoms with Gasteiger partial charge in [0.25, 0.3) is 11.5 Å². The fraction of sp³-hybridized carbons (Fsp3) is 0.316. The van der Waals surface area contributed by atoms with Crippen LogP contribution in [0.15, 0.2) is 52.6 Å². The average Bonchev–Trinajstić information content (AvgIpc) is 2.63. The molecule has 0 bridgehead atoms. The van der Waals surface area contributed by atoms with Crippen LogP contribution >= 0.6 is 0 Å². The van der Waals surface area contributed by atoms with Gasteiger partial charge in [-0.25, -0.2) is 4.79 Å². The number of hydrogen-bond donors (Lipinski definition) is 0. The van der Waals surface area contributed by atoms with Crippen molar-refractivity contribution < 1.29 is 9.53 Å². The molecule has 1 aromatic heterocycles. The summed E-state index contributed by atoms with van der Waals surface area (Å²) in [4.78, 5) is 38.5. The van der Waals surface area contributed by atoms with Crippen molar-refractivity contribution >= 4 is 5.91 Å². The zero-order valence-electron chi connectivity index (χ0n) is 15.3. The monoisotopic (exact) mass is 357 g/mol. The molecule has 0 radical (unpaired) electrons. The van der Waals surface area contributed by atoms with Crippen LogP contribution in [-0.2, 0) is 20.6 Å². The lowest BCUT2D eigenvalue weighted by atomic mass is 10.1. The first kappa shape index (κ1) is 19.2. The van der Waals surface area contributed by atoms with Crippen LogP contribution in [0.5, 0.6) is 5.75 Å². The van der Waals surface area contributed by atoms with E-state index < -0.39 is 17.2 Å². The van der Waals surface area contributed by atoms with Gasteiger partial charge in [0.15, 0.2) is 0 Å². The van der Waals surface area contributed by atoms with Crippen LogP contribution in [0, 0.1) is 0 Å². The minimum atomic E-state index is -0.547. The van der Waals surface area contributed by atoms with Gasteiger partial charge in [-0.3, -0.25) is 18.7 Å². The molecule has 0 saturated carbocycles. The van der Waals surface area contributed by atoms with Crippen LogP contribution in [-0.4, -0.2) is 33.1 Å². The number of hydrogen-bond acceptors (Lipinski definition) is 4. The largest absolute Gasteiger partial charge is 0.494 e. The highest BCUT2D eigenvalue weighted by Gasteiger charge is 2.21. The number of para-hydroxylation sites is 1. The van der Waals surface area contributed by atoms with E-state index in [0.29, 0.717) is 12.4 Å². The minimum absolute atomic E-state index is 0.0360. The first-order valence-electron chi connectivity index (χ1n) is 8.28. The molecule has 0 aliphatic heterocycles. The molecule has 0 aliphatic rings. The molecule has 0 aliphatic carbocycles. The Morgan fingerprint density at radius 3 is 2.58 bits per heavy atom. The van der Waals surface area contributed by atoms with Crippen LogP contribution in [0.25, 0.3) is 0 Å². The van der Waals surface area contributed by atoms with E-state index in [-0.39, 0.29) is 18.8 Å². The van der Waals surface area contributed by atoms with E-state index in [1.54, 1.807) is 6.08 Å². The second-order valence-electron chi connectivity index (χ2n) is 5.78. The summed E-state index contributed by atoms with van der Waals surface area (Å²) in [6, 6.07) is 8.61. The fourth-order valence-electron chi connectivity index (χ4n) is 2.61. The smallest absolute Gasteiger partial charge is 0.331 e. The molecule has 0 fully saturated rings. The highest BCUT2D eigenvalue weighted by atomic mass is 16.5. The third-order valence-corrected chi connectivity index (χ3v) is 4.02. The molecule has 1 amide bonds. The predicted octanol–water partition coefficient (Wildman–Crippen LogP) is 1.31. The maximum Gasteiger partial charge on any atom is 0.331 e. The first-order valence-corrected chi connectivity index (χ1v) is 8.28. The Morgan fingerprint density at radius 1 is 1.23 bits per heavy atom. The zero-order valence-corrected chi connectivity index (χ0v) is 15.3. The van der Waals surface area contributed by atoms with Gasteiger partial charge in [0, 0.05) is 32.3 Å². The van der Waals surface area contributed by atoms with Crippen molar-refractivity contribution in [2.24, 2.45) is 14.1 Å². The lowest BCUT2D eigenvalue weighted by Crippen LogP contribution is -2.42. The minimum Gasteiger partial charge on any atom is -0.494 e. The van der Waals surface area contributed by atoms with E-state index in [0.717, 1.165) is 10.1 Å². The molecule has 2 rings (SSSR count). The number of aromatic nitrogens is 2. The van der Waals surface area contributed by atoms with E-state index in [9.17, 15) is 14.4 Å². The normalized spacial score (nSPS) is 10.4. The Bertz CT molecular complexity index is 927. The van der Waals surface area contributed by atoms with Crippen molar-refractivity contribution in [3.63, 3.8) is 0 Å². The number of nitrogens with zero attached hydrogens (tertiary/aromatic N) is 3. The molecule has 0 saturated heterocycles. The van der Waals surface area contributed by atoms with Crippen LogP contribution in [0.3, 0.4) is 0 Å². The molecule has 0 unspecified atom stereocenters. The standard InChI is InChI=1S/C19H23N3O4/c1-5-11-22(13-14-9-7-8-10-16(14)26-6-2)18(24)15-12-17(23)21(4)19(25)20(15)3/h5,7-10,12H,1,6,11,13H2,2-4H3. The van der Waals surface area contributed by atoms with Crippen LogP contribution < -0.4 is 16.0 Å². The number of rotatable bonds is 7. The van der Waals surface area contributed by atoms with Crippen LogP contribution in [0.4, 0.5) is 0 Å². The van der Waals surface area contributed by atoms with Crippen molar-refractivity contribution in [2.75, 3.05) is 13.2 Å². The molecule has 26 heavy (non-hydrogen) atoms. The second kappa shape index (κ2) is 8.33. The van der Waals surface area contributed by atoms with E-state index in [2.05, 4.69) is 6.58 Å². The number of amides is 1. The van der Waals surface area contributed by atoms with Crippen molar-refractivity contribution in [3.8, 4) is 5.75 Å². The van der Waals surface area contributed by atoms with E-state index in [1.807, 2.05) is 31.2 Å². The first-order chi connectivity index (χ1) is 12.4. The quantitative estimate of drug-likeness (QED) is 0.701. The van der Waals surface area contributed by atoms with Gasteiger partial charge >= 0.3 is 5.69 Å². The third-order valence-electron chi connectivity index (χ3n) is 4.02. The fourth-order valence-corrected chi connectivity index (χ4v) is 2.61. The van der Waals surface area contributed by atoms with Gasteiger partial charge < -0.3 is 9.64 Å². The molecule has 1 aromatic carbocycles. The number of carbonyl (C=O) groups is 1. The number of carbonyl (C=O) groups excluding carboxylic acids is 1. The zero-order chi connectivity index (χ0) is 19.3. The highest BCUT2D eigenvalue weighted by Crippen LogP contribution is 2.20. The van der Waals surface area contributed by atoms with Gasteiger partial charge in [-0.1, -0.05) is 24.3 Å². The lowest BCUT2D eigenvalue weighted by molar-refractivity contribution is 0.0749. The summed E-state index contributed by atoms with van der Waals surface area (Å²) < 4.78 is 7.74. The molecular weight excluding hydrogens is 334 g/mol. The summed E-state index contributed by atoms with van der Waals surface area (Å²) in [6.07, 6.45) is 1.60. The van der Waals surface area contributed by atoms with Gasteiger partial charge in [0.05, 0.1) is 13.2 Å². The maximum atomic E-state index is 13.0. The van der Waals surface area contributed by atoms with Crippen LogP contribution in [0.2, 0.25) is 0 Å². The summed E-state index contributed by atoms with van der Waals surface area (Å²) in [7, 11) is 2.84. The Balaban J connectivity index is 2.42. The summed E-state index contributed by atoms with van der Waals surface area (Å²) in [6.45, 7) is 6.62. The molecular formula is C19H23N3O4. The molecule has 0 atom stereocenters. The summed E-state index contributed by atoms with van der Waals surface area (Å²) in [5.74, 6) is 0.267. The molecule has 0 N–H and O–H groups in total. The Hall–Kier alpha value is -3.09. The lowest BCUT2D eigenvalue weighted by Gasteiger charge is -2.23. The summed E-state index contributed by atoms with van der Waals surface area (Å²) >= 11 is 0. The highest BCUT2D eigenvalue weighted by molar-refractivity contribution is 5.92. The molecule has 0 spiro atoms.